The minimum absolute atomic E-state index is 0.0166. The maximum absolute atomic E-state index is 11.2. The molecule has 2 atom stereocenters. The number of phenols is 1. The van der Waals surface area contributed by atoms with Gasteiger partial charge < -0.3 is 30.7 Å². The minimum Gasteiger partial charge on any atom is -0.507 e. The Bertz CT molecular complexity index is 1530. The van der Waals surface area contributed by atoms with Crippen LogP contribution in [-0.2, 0) is 9.59 Å². The molecule has 2 heterocycles. The first-order chi connectivity index (χ1) is 21.9. The summed E-state index contributed by atoms with van der Waals surface area (Å²) in [6, 6.07) is 23.2. The maximum Gasteiger partial charge on any atom is 0.160 e. The van der Waals surface area contributed by atoms with Crippen molar-refractivity contribution in [2.75, 3.05) is 31.1 Å². The number of nitrogens with zero attached hydrogens (tertiary/aromatic N) is 2. The number of aromatic hydroxyl groups is 1. The summed E-state index contributed by atoms with van der Waals surface area (Å²) in [5.41, 5.74) is 9.98. The fourth-order valence-electron chi connectivity index (χ4n) is 6.35. The molecule has 2 aliphatic heterocycles. The number of nitrogens with one attached hydrogen (secondary N) is 2. The number of carbonyl (C=O) groups excluding carboxylic acids is 2. The van der Waals surface area contributed by atoms with E-state index < -0.39 is 6.10 Å². The highest BCUT2D eigenvalue weighted by atomic mass is 16.5. The lowest BCUT2D eigenvalue weighted by molar-refractivity contribution is -0.114. The largest absolute Gasteiger partial charge is 0.507 e. The number of anilines is 1. The number of hydrogen-bond donors (Lipinski definition) is 4. The summed E-state index contributed by atoms with van der Waals surface area (Å²) < 4.78 is 5.73. The quantitative estimate of drug-likeness (QED) is 0.119. The summed E-state index contributed by atoms with van der Waals surface area (Å²) in [6.07, 6.45) is 6.48. The highest BCUT2D eigenvalue weighted by Crippen LogP contribution is 2.33. The number of phenolic OH excluding ortho intramolecular Hbond substituents is 1. The van der Waals surface area contributed by atoms with E-state index in [0.29, 0.717) is 41.7 Å². The molecule has 5 rings (SSSR count). The lowest BCUT2D eigenvalue weighted by Crippen LogP contribution is -2.44. The summed E-state index contributed by atoms with van der Waals surface area (Å²) in [4.78, 5) is 26.9. The number of likely N-dealkylation sites (tertiary alicyclic amines) is 1. The molecule has 45 heavy (non-hydrogen) atoms. The number of allylic oxidation sites excluding steroid dienone is 1. The van der Waals surface area contributed by atoms with Gasteiger partial charge in [-0.1, -0.05) is 36.4 Å². The van der Waals surface area contributed by atoms with Crippen molar-refractivity contribution in [3.63, 3.8) is 0 Å². The van der Waals surface area contributed by atoms with Crippen LogP contribution in [0.25, 0.3) is 5.57 Å². The van der Waals surface area contributed by atoms with Crippen LogP contribution in [0.4, 0.5) is 5.69 Å². The van der Waals surface area contributed by atoms with Crippen LogP contribution in [0.5, 0.6) is 11.5 Å². The Hall–Kier alpha value is -4.76. The lowest BCUT2D eigenvalue weighted by Gasteiger charge is -2.38. The minimum atomic E-state index is -0.599. The predicted molar refractivity (Wildman–Crippen MR) is 178 cm³/mol. The Morgan fingerprint density at radius 2 is 1.67 bits per heavy atom. The lowest BCUT2D eigenvalue weighted by atomic mass is 9.98. The summed E-state index contributed by atoms with van der Waals surface area (Å²) in [5, 5.41) is 26.6. The average molecular weight is 608 g/mol. The molecule has 9 heteroatoms. The van der Waals surface area contributed by atoms with Crippen LogP contribution in [-0.4, -0.2) is 72.5 Å². The molecule has 0 aliphatic carbocycles. The normalized spacial score (nSPS) is 18.4. The van der Waals surface area contributed by atoms with Gasteiger partial charge >= 0.3 is 0 Å². The third kappa shape index (κ3) is 7.85. The van der Waals surface area contributed by atoms with Gasteiger partial charge in [-0.3, -0.25) is 15.1 Å². The van der Waals surface area contributed by atoms with Crippen molar-refractivity contribution in [3.8, 4) is 11.5 Å². The van der Waals surface area contributed by atoms with Crippen LogP contribution in [0.15, 0.2) is 78.9 Å². The number of ether oxygens (including phenoxy) is 1. The van der Waals surface area contributed by atoms with Gasteiger partial charge in [-0.05, 0) is 91.7 Å². The number of para-hydroxylation sites is 1. The molecule has 2 saturated heterocycles. The van der Waals surface area contributed by atoms with Gasteiger partial charge in [-0.15, -0.1) is 0 Å². The first-order valence-corrected chi connectivity index (χ1v) is 15.5. The fourth-order valence-corrected chi connectivity index (χ4v) is 6.35. The molecular weight excluding hydrogens is 566 g/mol. The molecule has 2 fully saturated rings. The van der Waals surface area contributed by atoms with E-state index >= 15 is 0 Å². The van der Waals surface area contributed by atoms with Gasteiger partial charge in [0.25, 0.3) is 0 Å². The number of piperidine rings is 1. The molecule has 5 N–H and O–H groups in total. The molecule has 2 aliphatic rings. The first kappa shape index (κ1) is 31.7. The molecule has 0 saturated carbocycles. The average Bonchev–Trinajstić information content (AvgIpc) is 3.56. The van der Waals surface area contributed by atoms with Gasteiger partial charge in [0.15, 0.2) is 12.4 Å². The van der Waals surface area contributed by atoms with Crippen LogP contribution < -0.4 is 15.4 Å². The predicted octanol–water partition coefficient (Wildman–Crippen LogP) is 5.16. The third-order valence-electron chi connectivity index (χ3n) is 8.88. The Balaban J connectivity index is 1.14. The Labute approximate surface area is 264 Å². The second-order valence-electron chi connectivity index (χ2n) is 11.8. The molecule has 0 bridgehead atoms. The second kappa shape index (κ2) is 14.8. The number of nitrogens with two attached hydrogens (primary N) is 1. The van der Waals surface area contributed by atoms with Gasteiger partial charge in [0.05, 0.1) is 5.71 Å². The van der Waals surface area contributed by atoms with Gasteiger partial charge in [0.1, 0.15) is 23.6 Å². The topological polar surface area (TPSA) is 144 Å². The van der Waals surface area contributed by atoms with Crippen molar-refractivity contribution >= 4 is 35.4 Å². The Morgan fingerprint density at radius 1 is 0.956 bits per heavy atom. The number of carbonyl (C=O) groups is 2. The van der Waals surface area contributed by atoms with E-state index in [9.17, 15) is 14.7 Å². The van der Waals surface area contributed by atoms with E-state index in [2.05, 4.69) is 34.1 Å². The van der Waals surface area contributed by atoms with Gasteiger partial charge in [0.2, 0.25) is 0 Å². The van der Waals surface area contributed by atoms with Crippen LogP contribution in [0.3, 0.4) is 0 Å². The molecule has 0 spiro atoms. The number of amidine groups is 1. The van der Waals surface area contributed by atoms with Crippen LogP contribution in [0.1, 0.15) is 54.7 Å². The molecular formula is C36H41N5O4. The van der Waals surface area contributed by atoms with E-state index in [4.69, 9.17) is 21.3 Å². The summed E-state index contributed by atoms with van der Waals surface area (Å²) in [7, 11) is 0. The SMILES string of the molecule is N=C(N)/C(=C\C(=N)c1ccccc1O)c1ccc(N2CCC(N3CCC(c4ccc(OC(C=O)CCC=O)cc4)C3)CC2)cc1. The van der Waals surface area contributed by atoms with Crippen molar-refractivity contribution in [3.05, 3.63) is 95.6 Å². The molecule has 234 valence electrons. The molecule has 0 aromatic heterocycles. The molecule has 9 nitrogen and oxygen atoms in total. The van der Waals surface area contributed by atoms with E-state index in [1.54, 1.807) is 18.2 Å². The first-order valence-electron chi connectivity index (χ1n) is 15.5. The third-order valence-corrected chi connectivity index (χ3v) is 8.88. The summed E-state index contributed by atoms with van der Waals surface area (Å²) >= 11 is 0. The van der Waals surface area contributed by atoms with E-state index in [1.807, 2.05) is 24.3 Å². The summed E-state index contributed by atoms with van der Waals surface area (Å²) in [6.45, 7) is 4.04. The zero-order valence-corrected chi connectivity index (χ0v) is 25.4. The highest BCUT2D eigenvalue weighted by molar-refractivity contribution is 6.27. The monoisotopic (exact) mass is 607 g/mol. The molecule has 0 radical (unpaired) electrons. The van der Waals surface area contributed by atoms with Crippen molar-refractivity contribution in [2.24, 2.45) is 5.73 Å². The van der Waals surface area contributed by atoms with Crippen LogP contribution in [0.2, 0.25) is 0 Å². The van der Waals surface area contributed by atoms with E-state index in [1.165, 1.54) is 17.7 Å². The van der Waals surface area contributed by atoms with Crippen molar-refractivity contribution in [1.29, 1.82) is 10.8 Å². The van der Waals surface area contributed by atoms with Gasteiger partial charge in [-0.25, -0.2) is 0 Å². The Morgan fingerprint density at radius 3 is 2.31 bits per heavy atom. The van der Waals surface area contributed by atoms with Crippen LogP contribution in [0, 0.1) is 10.8 Å². The zero-order chi connectivity index (χ0) is 31.8. The smallest absolute Gasteiger partial charge is 0.160 e. The van der Waals surface area contributed by atoms with Crippen molar-refractivity contribution in [2.45, 2.75) is 50.2 Å². The highest BCUT2D eigenvalue weighted by Gasteiger charge is 2.31. The van der Waals surface area contributed by atoms with Gasteiger partial charge in [0, 0.05) is 48.9 Å². The van der Waals surface area contributed by atoms with Crippen molar-refractivity contribution in [1.82, 2.24) is 4.90 Å². The van der Waals surface area contributed by atoms with Crippen molar-refractivity contribution < 1.29 is 19.4 Å². The van der Waals surface area contributed by atoms with Gasteiger partial charge in [-0.2, -0.15) is 0 Å². The Kier molecular flexibility index (Phi) is 10.4. The van der Waals surface area contributed by atoms with Crippen LogP contribution >= 0.6 is 0 Å². The molecule has 3 aromatic rings. The molecule has 3 aromatic carbocycles. The molecule has 0 amide bonds. The number of rotatable bonds is 13. The number of hydrogen-bond acceptors (Lipinski definition) is 8. The van der Waals surface area contributed by atoms with E-state index in [0.717, 1.165) is 69.3 Å². The standard InChI is InChI=1S/C36H41N5O4/c37-34(32-5-1-2-6-35(32)44)22-33(36(38)39)26-7-11-28(12-8-26)40-19-16-29(17-20-40)41-18-15-27(23-41)25-9-13-30(14-10-25)45-31(24-43)4-3-21-42/h1-2,5-14,21-22,24,27,29,31,37,44H,3-4,15-20,23H2,(H3,38,39)/b33-22-,37-34?. The maximum atomic E-state index is 11.2. The number of benzene rings is 3. The second-order valence-corrected chi connectivity index (χ2v) is 11.8. The summed E-state index contributed by atoms with van der Waals surface area (Å²) in [5.74, 6) is 1.01. The molecule has 2 unspecified atom stereocenters. The number of aldehydes is 2. The van der Waals surface area contributed by atoms with E-state index in [-0.39, 0.29) is 17.3 Å². The fraction of sp³-hybridized carbons (Fsp3) is 0.333. The zero-order valence-electron chi connectivity index (χ0n) is 25.4.